The van der Waals surface area contributed by atoms with Crippen LogP contribution in [0.4, 0.5) is 11.4 Å². The predicted octanol–water partition coefficient (Wildman–Crippen LogP) is 1.89. The zero-order valence-corrected chi connectivity index (χ0v) is 19.5. The van der Waals surface area contributed by atoms with Crippen LogP contribution in [0.1, 0.15) is 11.1 Å². The van der Waals surface area contributed by atoms with Gasteiger partial charge < -0.3 is 20.6 Å². The van der Waals surface area contributed by atoms with Crippen LogP contribution in [0, 0.1) is 13.8 Å². The molecule has 4 N–H and O–H groups in total. The van der Waals surface area contributed by atoms with Gasteiger partial charge in [0.05, 0.1) is 9.79 Å². The van der Waals surface area contributed by atoms with Crippen molar-refractivity contribution < 1.29 is 25.9 Å². The molecule has 2 rings (SSSR count). The number of nitrogens with two attached hydrogens (primary N) is 2. The second-order valence-electron chi connectivity index (χ2n) is 5.19. The number of rotatable bonds is 2. The van der Waals surface area contributed by atoms with Crippen LogP contribution in [0.2, 0.25) is 10.0 Å². The average molecular weight is 481 g/mol. The summed E-state index contributed by atoms with van der Waals surface area (Å²) in [6.07, 6.45) is 0. The fourth-order valence-electron chi connectivity index (χ4n) is 1.80. The molecule has 0 aliphatic rings. The van der Waals surface area contributed by atoms with Crippen LogP contribution >= 0.6 is 23.2 Å². The van der Waals surface area contributed by atoms with Crippen molar-refractivity contribution in [3.8, 4) is 0 Å². The summed E-state index contributed by atoms with van der Waals surface area (Å²) >= 11 is 11.3. The van der Waals surface area contributed by atoms with Crippen LogP contribution in [0.3, 0.4) is 0 Å². The van der Waals surface area contributed by atoms with Crippen molar-refractivity contribution in [2.45, 2.75) is 23.6 Å². The third-order valence-corrected chi connectivity index (χ3v) is 5.72. The molecule has 0 fully saturated rings. The maximum Gasteiger partial charge on any atom is 2.00 e. The summed E-state index contributed by atoms with van der Waals surface area (Å²) in [5, 5.41) is 0.423. The molecule has 0 aromatic heterocycles. The van der Waals surface area contributed by atoms with Gasteiger partial charge in [-0.05, 0) is 49.2 Å². The van der Waals surface area contributed by atoms with E-state index in [2.05, 4.69) is 0 Å². The SMILES string of the molecule is Cc1cc(N)c(S(=O)(=O)[O-])cc1Cl.Cc1cc(N)c(S(=O)(=O)[O-])cc1Cl.[Ca+2]. The predicted molar refractivity (Wildman–Crippen MR) is 103 cm³/mol. The van der Waals surface area contributed by atoms with E-state index < -0.39 is 30.0 Å². The molecule has 0 unspecified atom stereocenters. The first-order valence-corrected chi connectivity index (χ1v) is 10.2. The Morgan fingerprint density at radius 3 is 1.22 bits per heavy atom. The molecular formula is C14H14CaCl2N2O6S2. The van der Waals surface area contributed by atoms with Crippen molar-refractivity contribution in [3.63, 3.8) is 0 Å². The molecule has 8 nitrogen and oxygen atoms in total. The molecule has 0 amide bonds. The number of anilines is 2. The van der Waals surface area contributed by atoms with Crippen LogP contribution in [0.15, 0.2) is 34.1 Å². The van der Waals surface area contributed by atoms with Crippen molar-refractivity contribution in [3.05, 3.63) is 45.4 Å². The van der Waals surface area contributed by atoms with Crippen LogP contribution in [-0.2, 0) is 20.2 Å². The maximum atomic E-state index is 10.6. The molecule has 0 heterocycles. The van der Waals surface area contributed by atoms with Gasteiger partial charge in [0.1, 0.15) is 20.2 Å². The van der Waals surface area contributed by atoms with Crippen LogP contribution in [-0.4, -0.2) is 63.7 Å². The zero-order chi connectivity index (χ0) is 20.4. The summed E-state index contributed by atoms with van der Waals surface area (Å²) in [5.41, 5.74) is 11.8. The molecule has 0 spiro atoms. The van der Waals surface area contributed by atoms with E-state index in [-0.39, 0.29) is 59.2 Å². The van der Waals surface area contributed by atoms with E-state index >= 15 is 0 Å². The smallest absolute Gasteiger partial charge is 0.744 e. The van der Waals surface area contributed by atoms with Gasteiger partial charge in [-0.15, -0.1) is 0 Å². The van der Waals surface area contributed by atoms with Gasteiger partial charge in [0, 0.05) is 21.4 Å². The summed E-state index contributed by atoms with van der Waals surface area (Å²) in [5.74, 6) is 0. The van der Waals surface area contributed by atoms with Crippen LogP contribution in [0.5, 0.6) is 0 Å². The Morgan fingerprint density at radius 2 is 1.00 bits per heavy atom. The molecule has 13 heteroatoms. The molecule has 0 aliphatic carbocycles. The zero-order valence-electron chi connectivity index (χ0n) is 14.2. The van der Waals surface area contributed by atoms with E-state index in [1.54, 1.807) is 13.8 Å². The Labute approximate surface area is 197 Å². The minimum absolute atomic E-state index is 0. The van der Waals surface area contributed by atoms with Gasteiger partial charge in [-0.3, -0.25) is 0 Å². The van der Waals surface area contributed by atoms with E-state index in [0.717, 1.165) is 12.1 Å². The monoisotopic (exact) mass is 480 g/mol. The third kappa shape index (κ3) is 7.56. The van der Waals surface area contributed by atoms with Gasteiger partial charge >= 0.3 is 37.7 Å². The average Bonchev–Trinajstić information content (AvgIpc) is 2.45. The van der Waals surface area contributed by atoms with Crippen LogP contribution in [0.25, 0.3) is 0 Å². The number of aryl methyl sites for hydroxylation is 2. The summed E-state index contributed by atoms with van der Waals surface area (Å²) in [4.78, 5) is -0.939. The Kier molecular flexibility index (Phi) is 9.84. The quantitative estimate of drug-likeness (QED) is 0.373. The van der Waals surface area contributed by atoms with Crippen molar-refractivity contribution >= 4 is 92.6 Å². The molecule has 144 valence electrons. The minimum atomic E-state index is -4.53. The number of hydrogen-bond acceptors (Lipinski definition) is 8. The van der Waals surface area contributed by atoms with E-state index in [1.807, 2.05) is 0 Å². The van der Waals surface area contributed by atoms with Gasteiger partial charge in [0.25, 0.3) is 0 Å². The van der Waals surface area contributed by atoms with Crippen LogP contribution < -0.4 is 11.5 Å². The summed E-state index contributed by atoms with van der Waals surface area (Å²) in [6, 6.07) is 4.84. The molecular weight excluding hydrogens is 467 g/mol. The normalized spacial score (nSPS) is 11.2. The Bertz CT molecular complexity index is 974. The van der Waals surface area contributed by atoms with Crippen molar-refractivity contribution in [2.75, 3.05) is 11.5 Å². The molecule has 2 aromatic rings. The molecule has 0 atom stereocenters. The number of halogens is 2. The van der Waals surface area contributed by atoms with Gasteiger partial charge in [0.15, 0.2) is 0 Å². The van der Waals surface area contributed by atoms with Crippen molar-refractivity contribution in [2.24, 2.45) is 0 Å². The standard InChI is InChI=1S/2C7H8ClNO3S.Ca/c2*1-4-2-6(9)7(3-5(4)8)13(10,11)12;/h2*2-3H,9H2,1H3,(H,10,11,12);/q;;+2/p-2. The van der Waals surface area contributed by atoms with Crippen molar-refractivity contribution in [1.29, 1.82) is 0 Å². The number of hydrogen-bond donors (Lipinski definition) is 2. The summed E-state index contributed by atoms with van der Waals surface area (Å²) < 4.78 is 63.7. The van der Waals surface area contributed by atoms with E-state index in [0.29, 0.717) is 11.1 Å². The first-order valence-electron chi connectivity index (χ1n) is 6.67. The first-order chi connectivity index (χ1) is 11.6. The van der Waals surface area contributed by atoms with Gasteiger partial charge in [-0.25, -0.2) is 16.8 Å². The van der Waals surface area contributed by atoms with Gasteiger partial charge in [0.2, 0.25) is 0 Å². The molecule has 0 saturated carbocycles. The van der Waals surface area contributed by atoms with E-state index in [9.17, 15) is 25.9 Å². The Hall–Kier alpha value is -0.300. The second-order valence-corrected chi connectivity index (χ2v) is 8.70. The third-order valence-electron chi connectivity index (χ3n) is 3.12. The largest absolute Gasteiger partial charge is 2.00 e. The van der Waals surface area contributed by atoms with E-state index in [1.165, 1.54) is 12.1 Å². The first kappa shape index (κ1) is 26.7. The number of nitrogen functional groups attached to an aromatic ring is 2. The topological polar surface area (TPSA) is 166 Å². The molecule has 0 bridgehead atoms. The fourth-order valence-corrected chi connectivity index (χ4v) is 3.48. The minimum Gasteiger partial charge on any atom is -0.744 e. The van der Waals surface area contributed by atoms with Gasteiger partial charge in [-0.2, -0.15) is 0 Å². The Balaban J connectivity index is 0.000000483. The molecule has 27 heavy (non-hydrogen) atoms. The molecule has 0 radical (unpaired) electrons. The summed E-state index contributed by atoms with van der Waals surface area (Å²) in [6.45, 7) is 3.33. The Morgan fingerprint density at radius 1 is 0.741 bits per heavy atom. The number of benzene rings is 2. The molecule has 2 aromatic carbocycles. The van der Waals surface area contributed by atoms with Gasteiger partial charge in [-0.1, -0.05) is 23.2 Å². The molecule has 0 aliphatic heterocycles. The summed E-state index contributed by atoms with van der Waals surface area (Å²) in [7, 11) is -9.06. The fraction of sp³-hybridized carbons (Fsp3) is 0.143. The molecule has 0 saturated heterocycles. The maximum absolute atomic E-state index is 10.6. The second kappa shape index (κ2) is 9.95. The van der Waals surface area contributed by atoms with E-state index in [4.69, 9.17) is 34.7 Å². The van der Waals surface area contributed by atoms with Crippen molar-refractivity contribution in [1.82, 2.24) is 0 Å².